The molecule has 1 aromatic rings. The van der Waals surface area contributed by atoms with E-state index in [0.29, 0.717) is 26.2 Å². The Kier molecular flexibility index (Phi) is 7.93. The van der Waals surface area contributed by atoms with Gasteiger partial charge in [-0.05, 0) is 24.1 Å². The molecular formula is C19H27N5O2. The molecule has 0 unspecified atom stereocenters. The van der Waals surface area contributed by atoms with Gasteiger partial charge in [0.1, 0.15) is 17.4 Å². The summed E-state index contributed by atoms with van der Waals surface area (Å²) in [5, 5.41) is 12.4. The van der Waals surface area contributed by atoms with E-state index in [9.17, 15) is 10.1 Å². The molecule has 3 N–H and O–H groups in total. The van der Waals surface area contributed by atoms with E-state index in [1.165, 1.54) is 6.20 Å². The fourth-order valence-electron chi connectivity index (χ4n) is 2.89. The molecule has 1 saturated heterocycles. The third kappa shape index (κ3) is 5.76. The molecule has 0 aliphatic carbocycles. The molecule has 0 spiro atoms. The van der Waals surface area contributed by atoms with Gasteiger partial charge in [0.05, 0.1) is 7.11 Å². The molecule has 1 aliphatic heterocycles. The molecule has 1 fully saturated rings. The lowest BCUT2D eigenvalue weighted by atomic mass is 10.1. The second-order valence-corrected chi connectivity index (χ2v) is 6.15. The molecule has 1 amide bonds. The molecule has 0 aromatic heterocycles. The summed E-state index contributed by atoms with van der Waals surface area (Å²) in [4.78, 5) is 16.4. The van der Waals surface area contributed by atoms with Crippen LogP contribution in [0.2, 0.25) is 0 Å². The normalized spacial score (nSPS) is 15.4. The Morgan fingerprint density at radius 1 is 1.38 bits per heavy atom. The summed E-state index contributed by atoms with van der Waals surface area (Å²) in [6.07, 6.45) is 2.30. The minimum absolute atomic E-state index is 0.142. The minimum atomic E-state index is -0.214. The van der Waals surface area contributed by atoms with Crippen molar-refractivity contribution in [2.45, 2.75) is 6.42 Å². The lowest BCUT2D eigenvalue weighted by Gasteiger charge is -2.34. The van der Waals surface area contributed by atoms with E-state index in [1.54, 1.807) is 12.0 Å². The van der Waals surface area contributed by atoms with Crippen LogP contribution in [0.5, 0.6) is 5.75 Å². The first kappa shape index (κ1) is 19.8. The van der Waals surface area contributed by atoms with E-state index in [1.807, 2.05) is 30.3 Å². The van der Waals surface area contributed by atoms with Crippen LogP contribution in [0, 0.1) is 11.3 Å². The molecule has 140 valence electrons. The number of rotatable bonds is 8. The van der Waals surface area contributed by atoms with Gasteiger partial charge in [-0.15, -0.1) is 0 Å². The van der Waals surface area contributed by atoms with Gasteiger partial charge in [-0.3, -0.25) is 9.69 Å². The first-order valence-corrected chi connectivity index (χ1v) is 8.86. The largest absolute Gasteiger partial charge is 0.497 e. The molecule has 1 aliphatic rings. The monoisotopic (exact) mass is 357 g/mol. The Hall–Kier alpha value is -2.56. The van der Waals surface area contributed by atoms with Crippen LogP contribution in [0.25, 0.3) is 0 Å². The summed E-state index contributed by atoms with van der Waals surface area (Å²) < 4.78 is 5.20. The van der Waals surface area contributed by atoms with Gasteiger partial charge in [0, 0.05) is 52.0 Å². The average molecular weight is 357 g/mol. The van der Waals surface area contributed by atoms with E-state index in [-0.39, 0.29) is 11.5 Å². The van der Waals surface area contributed by atoms with E-state index in [4.69, 9.17) is 10.5 Å². The number of hydrogen-bond acceptors (Lipinski definition) is 6. The van der Waals surface area contributed by atoms with Crippen LogP contribution >= 0.6 is 0 Å². The van der Waals surface area contributed by atoms with Gasteiger partial charge < -0.3 is 20.7 Å². The van der Waals surface area contributed by atoms with Crippen molar-refractivity contribution < 1.29 is 9.53 Å². The van der Waals surface area contributed by atoms with Crippen molar-refractivity contribution in [3.8, 4) is 11.8 Å². The molecule has 0 atom stereocenters. The molecule has 2 rings (SSSR count). The van der Waals surface area contributed by atoms with Crippen LogP contribution in [-0.2, 0) is 11.2 Å². The van der Waals surface area contributed by atoms with E-state index in [2.05, 4.69) is 10.2 Å². The van der Waals surface area contributed by atoms with Crippen molar-refractivity contribution in [2.75, 3.05) is 52.9 Å². The molecule has 1 heterocycles. The highest BCUT2D eigenvalue weighted by molar-refractivity contribution is 5.97. The van der Waals surface area contributed by atoms with Crippen molar-refractivity contribution in [3.63, 3.8) is 0 Å². The fraction of sp³-hybridized carbons (Fsp3) is 0.474. The number of nitrogens with two attached hydrogens (primary N) is 1. The third-order valence-electron chi connectivity index (χ3n) is 4.39. The van der Waals surface area contributed by atoms with Gasteiger partial charge in [0.15, 0.2) is 0 Å². The van der Waals surface area contributed by atoms with E-state index >= 15 is 0 Å². The molecule has 1 aromatic carbocycles. The van der Waals surface area contributed by atoms with Crippen LogP contribution < -0.4 is 15.8 Å². The standard InChI is InChI=1S/C19H27N5O2/c1-26-18-4-2-3-16(13-18)5-7-22-15-17(14-21)19(25)24-11-9-23(8-6-20)10-12-24/h2-4,13,15,22H,5-12,20H2,1H3/b17-15-. The van der Waals surface area contributed by atoms with Gasteiger partial charge in [0.25, 0.3) is 5.91 Å². The Labute approximate surface area is 155 Å². The number of carbonyl (C=O) groups is 1. The second-order valence-electron chi connectivity index (χ2n) is 6.15. The molecule has 26 heavy (non-hydrogen) atoms. The summed E-state index contributed by atoms with van der Waals surface area (Å²) >= 11 is 0. The number of nitrogens with zero attached hydrogens (tertiary/aromatic N) is 3. The van der Waals surface area contributed by atoms with Gasteiger partial charge in [0.2, 0.25) is 0 Å². The number of nitriles is 1. The van der Waals surface area contributed by atoms with Crippen molar-refractivity contribution in [2.24, 2.45) is 5.73 Å². The van der Waals surface area contributed by atoms with Crippen LogP contribution in [0.1, 0.15) is 5.56 Å². The zero-order chi connectivity index (χ0) is 18.8. The summed E-state index contributed by atoms with van der Waals surface area (Å²) in [5.41, 5.74) is 6.83. The molecule has 0 bridgehead atoms. The van der Waals surface area contributed by atoms with Crippen molar-refractivity contribution in [3.05, 3.63) is 41.6 Å². The van der Waals surface area contributed by atoms with Gasteiger partial charge in [-0.2, -0.15) is 5.26 Å². The number of benzene rings is 1. The van der Waals surface area contributed by atoms with Crippen molar-refractivity contribution >= 4 is 5.91 Å². The summed E-state index contributed by atoms with van der Waals surface area (Å²) in [5.74, 6) is 0.605. The first-order valence-electron chi connectivity index (χ1n) is 8.86. The topological polar surface area (TPSA) is 94.6 Å². The van der Waals surface area contributed by atoms with Crippen LogP contribution in [0.4, 0.5) is 0 Å². The maximum Gasteiger partial charge on any atom is 0.266 e. The van der Waals surface area contributed by atoms with Crippen molar-refractivity contribution in [1.82, 2.24) is 15.1 Å². The second kappa shape index (κ2) is 10.4. The number of piperazine rings is 1. The Bertz CT molecular complexity index is 660. The predicted molar refractivity (Wildman–Crippen MR) is 100 cm³/mol. The summed E-state index contributed by atoms with van der Waals surface area (Å²) in [6.45, 7) is 4.94. The SMILES string of the molecule is COc1cccc(CCN/C=C(/C#N)C(=O)N2CCN(CCN)CC2)c1. The molecule has 0 radical (unpaired) electrons. The number of amides is 1. The van der Waals surface area contributed by atoms with Gasteiger partial charge >= 0.3 is 0 Å². The number of carbonyl (C=O) groups excluding carboxylic acids is 1. The highest BCUT2D eigenvalue weighted by Crippen LogP contribution is 2.12. The lowest BCUT2D eigenvalue weighted by molar-refractivity contribution is -0.128. The molecular weight excluding hydrogens is 330 g/mol. The quantitative estimate of drug-likeness (QED) is 0.396. The molecule has 7 nitrogen and oxygen atoms in total. The van der Waals surface area contributed by atoms with E-state index < -0.39 is 0 Å². The number of nitrogens with one attached hydrogen (secondary N) is 1. The lowest BCUT2D eigenvalue weighted by Crippen LogP contribution is -2.50. The number of methoxy groups -OCH3 is 1. The van der Waals surface area contributed by atoms with Crippen molar-refractivity contribution in [1.29, 1.82) is 5.26 Å². The zero-order valence-electron chi connectivity index (χ0n) is 15.3. The number of hydrogen-bond donors (Lipinski definition) is 2. The maximum absolute atomic E-state index is 12.5. The zero-order valence-corrected chi connectivity index (χ0v) is 15.3. The highest BCUT2D eigenvalue weighted by Gasteiger charge is 2.23. The van der Waals surface area contributed by atoms with Crippen LogP contribution in [-0.4, -0.2) is 68.6 Å². The summed E-state index contributed by atoms with van der Waals surface area (Å²) in [7, 11) is 1.64. The molecule has 7 heteroatoms. The maximum atomic E-state index is 12.5. The summed E-state index contributed by atoms with van der Waals surface area (Å²) in [6, 6.07) is 9.84. The Balaban J connectivity index is 1.81. The Morgan fingerprint density at radius 2 is 2.15 bits per heavy atom. The number of ether oxygens (including phenoxy) is 1. The minimum Gasteiger partial charge on any atom is -0.497 e. The van der Waals surface area contributed by atoms with E-state index in [0.717, 1.165) is 37.4 Å². The fourth-order valence-corrected chi connectivity index (χ4v) is 2.89. The average Bonchev–Trinajstić information content (AvgIpc) is 2.68. The van der Waals surface area contributed by atoms with Crippen LogP contribution in [0.3, 0.4) is 0 Å². The third-order valence-corrected chi connectivity index (χ3v) is 4.39. The van der Waals surface area contributed by atoms with Gasteiger partial charge in [-0.25, -0.2) is 0 Å². The Morgan fingerprint density at radius 3 is 2.81 bits per heavy atom. The molecule has 0 saturated carbocycles. The predicted octanol–water partition coefficient (Wildman–Crippen LogP) is 0.338. The first-order chi connectivity index (χ1) is 12.7. The van der Waals surface area contributed by atoms with Crippen LogP contribution in [0.15, 0.2) is 36.0 Å². The smallest absolute Gasteiger partial charge is 0.266 e. The van der Waals surface area contributed by atoms with Gasteiger partial charge in [-0.1, -0.05) is 12.1 Å². The highest BCUT2D eigenvalue weighted by atomic mass is 16.5.